The molecular weight excluding hydrogens is 493 g/mol. The molecule has 0 spiro atoms. The van der Waals surface area contributed by atoms with E-state index in [0.717, 1.165) is 57.4 Å². The van der Waals surface area contributed by atoms with Gasteiger partial charge < -0.3 is 10.0 Å². The van der Waals surface area contributed by atoms with Crippen LogP contribution in [0.1, 0.15) is 68.7 Å². The topological polar surface area (TPSA) is 69.6 Å². The first-order chi connectivity index (χ1) is 18.2. The normalized spacial score (nSPS) is 22.1. The maximum absolute atomic E-state index is 13.9. The summed E-state index contributed by atoms with van der Waals surface area (Å²) in [4.78, 5) is 23.1. The number of carboxylic acids is 1. The molecule has 2 aliphatic heterocycles. The van der Waals surface area contributed by atoms with Gasteiger partial charge in [0.1, 0.15) is 11.9 Å². The number of carbonyl (C=O) groups is 1. The van der Waals surface area contributed by atoms with Gasteiger partial charge in [-0.25, -0.2) is 14.4 Å². The molecule has 1 N–H and O–H groups in total. The number of benzene rings is 1. The number of alkyl halides is 2. The van der Waals surface area contributed by atoms with Crippen LogP contribution in [0.2, 0.25) is 0 Å². The highest BCUT2D eigenvalue weighted by molar-refractivity contribution is 5.73. The summed E-state index contributed by atoms with van der Waals surface area (Å²) in [5, 5.41) is 9.41. The van der Waals surface area contributed by atoms with Gasteiger partial charge in [-0.1, -0.05) is 25.0 Å². The molecule has 2 aromatic rings. The van der Waals surface area contributed by atoms with Crippen molar-refractivity contribution in [2.75, 3.05) is 33.2 Å². The molecule has 0 radical (unpaired) electrons. The number of carboxylic acid groups (broad SMARTS) is 1. The number of nitrogens with zero attached hydrogens (tertiary/aromatic N) is 4. The molecule has 0 amide bonds. The lowest BCUT2D eigenvalue weighted by atomic mass is 9.91. The highest BCUT2D eigenvalue weighted by atomic mass is 19.3. The van der Waals surface area contributed by atoms with E-state index >= 15 is 0 Å². The Balaban J connectivity index is 0.000000178. The van der Waals surface area contributed by atoms with Crippen molar-refractivity contribution in [1.29, 1.82) is 0 Å². The van der Waals surface area contributed by atoms with Crippen LogP contribution < -0.4 is 0 Å². The zero-order valence-corrected chi connectivity index (χ0v) is 22.1. The Morgan fingerprint density at radius 1 is 1.05 bits per heavy atom. The first-order valence-electron chi connectivity index (χ1n) is 13.8. The summed E-state index contributed by atoms with van der Waals surface area (Å²) < 4.78 is 41.0. The van der Waals surface area contributed by atoms with Gasteiger partial charge in [0.05, 0.1) is 0 Å². The minimum absolute atomic E-state index is 0.147. The van der Waals surface area contributed by atoms with Crippen molar-refractivity contribution in [2.45, 2.75) is 69.2 Å². The Morgan fingerprint density at radius 2 is 1.76 bits per heavy atom. The minimum atomic E-state index is -2.90. The lowest BCUT2D eigenvalue weighted by Crippen LogP contribution is -2.40. The molecule has 3 fully saturated rings. The summed E-state index contributed by atoms with van der Waals surface area (Å²) in [5.74, 6) is -2.90. The summed E-state index contributed by atoms with van der Waals surface area (Å²) in [7, 11) is 2.07. The number of halogens is 3. The molecule has 1 aliphatic carbocycles. The SMILES string of the molecule is CN1CCC(CCC(F)(F)c2ncccn2)CC1.O=C(O)C(CC1CC1)N1CCC(c2cccc(F)c2)C1. The average molecular weight is 533 g/mol. The van der Waals surface area contributed by atoms with Gasteiger partial charge >= 0.3 is 11.9 Å². The lowest BCUT2D eigenvalue weighted by Gasteiger charge is -2.29. The second-order valence-corrected chi connectivity index (χ2v) is 11.1. The van der Waals surface area contributed by atoms with Crippen molar-refractivity contribution in [3.8, 4) is 0 Å². The summed E-state index contributed by atoms with van der Waals surface area (Å²) >= 11 is 0. The fourth-order valence-corrected chi connectivity index (χ4v) is 5.51. The first kappa shape index (κ1) is 28.5. The van der Waals surface area contributed by atoms with E-state index in [-0.39, 0.29) is 30.0 Å². The molecule has 3 heterocycles. The zero-order chi connectivity index (χ0) is 27.1. The maximum Gasteiger partial charge on any atom is 0.320 e. The molecule has 1 aromatic heterocycles. The molecule has 9 heteroatoms. The van der Waals surface area contributed by atoms with Gasteiger partial charge in [0.25, 0.3) is 0 Å². The molecular formula is C29H39F3N4O2. The number of rotatable bonds is 9. The zero-order valence-electron chi connectivity index (χ0n) is 22.1. The summed E-state index contributed by atoms with van der Waals surface area (Å²) in [6.45, 7) is 3.55. The van der Waals surface area contributed by atoms with Crippen molar-refractivity contribution in [3.05, 3.63) is 59.9 Å². The molecule has 2 saturated heterocycles. The maximum atomic E-state index is 13.9. The van der Waals surface area contributed by atoms with Crippen molar-refractivity contribution in [3.63, 3.8) is 0 Å². The van der Waals surface area contributed by atoms with Crippen LogP contribution in [0.25, 0.3) is 0 Å². The Hall–Kier alpha value is -2.52. The third-order valence-electron chi connectivity index (χ3n) is 8.12. The second-order valence-electron chi connectivity index (χ2n) is 11.1. The minimum Gasteiger partial charge on any atom is -0.480 e. The predicted molar refractivity (Wildman–Crippen MR) is 139 cm³/mol. The number of likely N-dealkylation sites (tertiary alicyclic amines) is 2. The number of piperidine rings is 1. The smallest absolute Gasteiger partial charge is 0.320 e. The summed E-state index contributed by atoms with van der Waals surface area (Å²) in [5.41, 5.74) is 0.989. The van der Waals surface area contributed by atoms with E-state index in [1.54, 1.807) is 18.2 Å². The number of aliphatic carboxylic acids is 1. The fourth-order valence-electron chi connectivity index (χ4n) is 5.51. The fraction of sp³-hybridized carbons (Fsp3) is 0.621. The molecule has 2 atom stereocenters. The Bertz CT molecular complexity index is 1030. The van der Waals surface area contributed by atoms with Crippen LogP contribution in [0.3, 0.4) is 0 Å². The molecule has 6 nitrogen and oxygen atoms in total. The van der Waals surface area contributed by atoms with E-state index in [9.17, 15) is 23.1 Å². The predicted octanol–water partition coefficient (Wildman–Crippen LogP) is 5.56. The van der Waals surface area contributed by atoms with Crippen molar-refractivity contribution < 1.29 is 23.1 Å². The van der Waals surface area contributed by atoms with E-state index in [0.29, 0.717) is 18.3 Å². The van der Waals surface area contributed by atoms with Crippen LogP contribution in [0.4, 0.5) is 13.2 Å². The van der Waals surface area contributed by atoms with Gasteiger partial charge in [0.2, 0.25) is 0 Å². The number of hydrogen-bond acceptors (Lipinski definition) is 5. The Morgan fingerprint density at radius 3 is 2.39 bits per heavy atom. The first-order valence-corrected chi connectivity index (χ1v) is 13.8. The van der Waals surface area contributed by atoms with Gasteiger partial charge in [-0.2, -0.15) is 8.78 Å². The van der Waals surface area contributed by atoms with Crippen LogP contribution in [0.15, 0.2) is 42.7 Å². The molecule has 2 unspecified atom stereocenters. The molecule has 3 aliphatic rings. The van der Waals surface area contributed by atoms with Crippen LogP contribution in [0, 0.1) is 17.7 Å². The van der Waals surface area contributed by atoms with Crippen molar-refractivity contribution in [1.82, 2.24) is 19.8 Å². The van der Waals surface area contributed by atoms with E-state index in [4.69, 9.17) is 0 Å². The van der Waals surface area contributed by atoms with Crippen LogP contribution in [0.5, 0.6) is 0 Å². The monoisotopic (exact) mass is 532 g/mol. The standard InChI is InChI=1S/C16H20FNO2.C13H19F2N3/c17-14-3-1-2-12(9-14)13-6-7-18(10-13)15(16(19)20)8-11-4-5-11;1-18-9-4-11(5-10-18)3-6-13(14,15)12-16-7-2-8-17-12/h1-3,9,11,13,15H,4-8,10H2,(H,19,20);2,7-8,11H,3-6,9-10H2,1H3. The van der Waals surface area contributed by atoms with Gasteiger partial charge in [0, 0.05) is 25.4 Å². The van der Waals surface area contributed by atoms with Crippen LogP contribution >= 0.6 is 0 Å². The third-order valence-corrected chi connectivity index (χ3v) is 8.12. The van der Waals surface area contributed by atoms with Crippen molar-refractivity contribution >= 4 is 5.97 Å². The van der Waals surface area contributed by atoms with E-state index in [2.05, 4.69) is 26.8 Å². The van der Waals surface area contributed by atoms with Gasteiger partial charge in [-0.15, -0.1) is 0 Å². The molecule has 0 bridgehead atoms. The molecule has 1 aromatic carbocycles. The largest absolute Gasteiger partial charge is 0.480 e. The van der Waals surface area contributed by atoms with E-state index in [1.165, 1.54) is 31.3 Å². The summed E-state index contributed by atoms with van der Waals surface area (Å²) in [6.07, 6.45) is 9.20. The quantitative estimate of drug-likeness (QED) is 0.456. The highest BCUT2D eigenvalue weighted by Crippen LogP contribution is 2.37. The van der Waals surface area contributed by atoms with Crippen molar-refractivity contribution in [2.24, 2.45) is 11.8 Å². The molecule has 38 heavy (non-hydrogen) atoms. The van der Waals surface area contributed by atoms with Crippen LogP contribution in [-0.4, -0.2) is 70.1 Å². The third kappa shape index (κ3) is 8.24. The van der Waals surface area contributed by atoms with Gasteiger partial charge in [0.15, 0.2) is 5.82 Å². The van der Waals surface area contributed by atoms with Gasteiger partial charge in [-0.05, 0) is 100 Å². The highest BCUT2D eigenvalue weighted by Gasteiger charge is 2.37. The number of aromatic nitrogens is 2. The molecule has 1 saturated carbocycles. The number of hydrogen-bond donors (Lipinski definition) is 1. The van der Waals surface area contributed by atoms with Gasteiger partial charge in [-0.3, -0.25) is 9.69 Å². The summed E-state index contributed by atoms with van der Waals surface area (Å²) in [6, 6.07) is 7.88. The Labute approximate surface area is 223 Å². The average Bonchev–Trinajstić information content (AvgIpc) is 3.61. The molecule has 208 valence electrons. The lowest BCUT2D eigenvalue weighted by molar-refractivity contribution is -0.143. The Kier molecular flexibility index (Phi) is 9.76. The second kappa shape index (κ2) is 13.0. The van der Waals surface area contributed by atoms with E-state index in [1.807, 2.05) is 6.07 Å². The molecule has 5 rings (SSSR count). The van der Waals surface area contributed by atoms with Crippen LogP contribution in [-0.2, 0) is 10.7 Å². The van der Waals surface area contributed by atoms with E-state index < -0.39 is 11.9 Å².